The predicted molar refractivity (Wildman–Crippen MR) is 126 cm³/mol. The molecule has 0 aliphatic heterocycles. The van der Waals surface area contributed by atoms with Crippen molar-refractivity contribution in [2.75, 3.05) is 7.11 Å². The Morgan fingerprint density at radius 3 is 2.33 bits per heavy atom. The molecule has 0 saturated heterocycles. The molecule has 9 heteroatoms. The number of para-hydroxylation sites is 2. The summed E-state index contributed by atoms with van der Waals surface area (Å²) in [5.74, 6) is 2.44. The Balaban J connectivity index is 1.62. The highest BCUT2D eigenvalue weighted by atomic mass is 32.2. The first-order valence-corrected chi connectivity index (χ1v) is 11.2. The van der Waals surface area contributed by atoms with Crippen molar-refractivity contribution in [3.63, 3.8) is 0 Å². The smallest absolute Gasteiger partial charge is 0.273 e. The summed E-state index contributed by atoms with van der Waals surface area (Å²) in [6.45, 7) is 1.91. The van der Waals surface area contributed by atoms with Gasteiger partial charge in [0, 0.05) is 23.1 Å². The van der Waals surface area contributed by atoms with E-state index in [0.717, 1.165) is 11.4 Å². The number of benzene rings is 3. The number of hydrogen-bond acceptors (Lipinski definition) is 7. The van der Waals surface area contributed by atoms with Crippen LogP contribution in [0.2, 0.25) is 0 Å². The molecule has 0 aliphatic carbocycles. The zero-order valence-corrected chi connectivity index (χ0v) is 18.9. The Morgan fingerprint density at radius 1 is 0.970 bits per heavy atom. The van der Waals surface area contributed by atoms with Crippen LogP contribution in [-0.4, -0.2) is 26.8 Å². The average Bonchev–Trinajstić information content (AvgIpc) is 3.28. The van der Waals surface area contributed by atoms with E-state index in [0.29, 0.717) is 28.0 Å². The lowest BCUT2D eigenvalue weighted by molar-refractivity contribution is -0.385. The lowest BCUT2D eigenvalue weighted by atomic mass is 10.2. The Bertz CT molecular complexity index is 1230. The molecule has 3 aromatic carbocycles. The van der Waals surface area contributed by atoms with Gasteiger partial charge in [-0.3, -0.25) is 14.7 Å². The lowest BCUT2D eigenvalue weighted by Gasteiger charge is -2.17. The second-order valence-corrected chi connectivity index (χ2v) is 8.06. The Hall–Kier alpha value is -3.85. The SMILES string of the molecule is COc1ccc(OC(C)c2nnc(SCc3ccccc3[N+](=O)[O-])n2-c2ccccc2)cc1. The molecule has 1 unspecified atom stereocenters. The van der Waals surface area contributed by atoms with Gasteiger partial charge in [-0.1, -0.05) is 48.2 Å². The van der Waals surface area contributed by atoms with Crippen molar-refractivity contribution in [3.8, 4) is 17.2 Å². The summed E-state index contributed by atoms with van der Waals surface area (Å²) >= 11 is 1.39. The zero-order chi connectivity index (χ0) is 23.2. The quantitative estimate of drug-likeness (QED) is 0.181. The maximum Gasteiger partial charge on any atom is 0.273 e. The number of hydrogen-bond donors (Lipinski definition) is 0. The van der Waals surface area contributed by atoms with Crippen molar-refractivity contribution in [3.05, 3.63) is 100 Å². The van der Waals surface area contributed by atoms with Crippen LogP contribution >= 0.6 is 11.8 Å². The maximum atomic E-state index is 11.4. The molecule has 0 aliphatic rings. The van der Waals surface area contributed by atoms with Crippen LogP contribution in [-0.2, 0) is 5.75 Å². The molecule has 1 heterocycles. The number of nitro benzene ring substituents is 1. The highest BCUT2D eigenvalue weighted by molar-refractivity contribution is 7.98. The average molecular weight is 463 g/mol. The van der Waals surface area contributed by atoms with E-state index in [4.69, 9.17) is 9.47 Å². The molecular formula is C24H22N4O4S. The van der Waals surface area contributed by atoms with Crippen LogP contribution in [0.5, 0.6) is 11.5 Å². The second kappa shape index (κ2) is 10.2. The maximum absolute atomic E-state index is 11.4. The molecule has 8 nitrogen and oxygen atoms in total. The topological polar surface area (TPSA) is 92.3 Å². The van der Waals surface area contributed by atoms with Crippen molar-refractivity contribution >= 4 is 17.4 Å². The Morgan fingerprint density at radius 2 is 1.64 bits per heavy atom. The first-order valence-electron chi connectivity index (χ1n) is 10.2. The Kier molecular flexibility index (Phi) is 6.89. The van der Waals surface area contributed by atoms with Crippen molar-refractivity contribution < 1.29 is 14.4 Å². The van der Waals surface area contributed by atoms with Gasteiger partial charge in [0.1, 0.15) is 11.5 Å². The molecule has 4 aromatic rings. The summed E-state index contributed by atoms with van der Waals surface area (Å²) in [6.07, 6.45) is -0.397. The van der Waals surface area contributed by atoms with Gasteiger partial charge in [0.2, 0.25) is 0 Å². The van der Waals surface area contributed by atoms with Crippen LogP contribution in [0.4, 0.5) is 5.69 Å². The van der Waals surface area contributed by atoms with Crippen LogP contribution in [0.1, 0.15) is 24.4 Å². The summed E-state index contributed by atoms with van der Waals surface area (Å²) in [4.78, 5) is 11.0. The lowest BCUT2D eigenvalue weighted by Crippen LogP contribution is -2.11. The van der Waals surface area contributed by atoms with Crippen molar-refractivity contribution in [2.24, 2.45) is 0 Å². The molecule has 0 radical (unpaired) electrons. The van der Waals surface area contributed by atoms with Gasteiger partial charge in [0.05, 0.1) is 12.0 Å². The summed E-state index contributed by atoms with van der Waals surface area (Å²) in [5, 5.41) is 20.8. The van der Waals surface area contributed by atoms with E-state index in [1.165, 1.54) is 17.8 Å². The van der Waals surface area contributed by atoms with E-state index in [1.807, 2.05) is 66.1 Å². The van der Waals surface area contributed by atoms with Crippen molar-refractivity contribution in [1.82, 2.24) is 14.8 Å². The number of thioether (sulfide) groups is 1. The van der Waals surface area contributed by atoms with Gasteiger partial charge >= 0.3 is 0 Å². The minimum Gasteiger partial charge on any atom is -0.497 e. The van der Waals surface area contributed by atoms with Crippen LogP contribution in [0.25, 0.3) is 5.69 Å². The first kappa shape index (κ1) is 22.3. The highest BCUT2D eigenvalue weighted by Gasteiger charge is 2.22. The number of aromatic nitrogens is 3. The normalized spacial score (nSPS) is 11.7. The van der Waals surface area contributed by atoms with Gasteiger partial charge < -0.3 is 9.47 Å². The molecule has 0 fully saturated rings. The number of ether oxygens (including phenoxy) is 2. The summed E-state index contributed by atoms with van der Waals surface area (Å²) in [5.41, 5.74) is 1.60. The summed E-state index contributed by atoms with van der Waals surface area (Å²) < 4.78 is 13.2. The third-order valence-corrected chi connectivity index (χ3v) is 5.93. The predicted octanol–water partition coefficient (Wildman–Crippen LogP) is 5.62. The minimum atomic E-state index is -0.397. The molecule has 168 valence electrons. The van der Waals surface area contributed by atoms with Crippen LogP contribution in [0.3, 0.4) is 0 Å². The van der Waals surface area contributed by atoms with E-state index < -0.39 is 6.10 Å². The second-order valence-electron chi connectivity index (χ2n) is 7.12. The minimum absolute atomic E-state index is 0.0900. The first-order chi connectivity index (χ1) is 16.1. The number of nitro groups is 1. The largest absolute Gasteiger partial charge is 0.497 e. The van der Waals surface area contributed by atoms with Gasteiger partial charge in [-0.15, -0.1) is 10.2 Å². The number of nitrogens with zero attached hydrogens (tertiary/aromatic N) is 4. The van der Waals surface area contributed by atoms with Crippen molar-refractivity contribution in [2.45, 2.75) is 23.9 Å². The Labute approximate surface area is 195 Å². The van der Waals surface area contributed by atoms with Crippen LogP contribution in [0, 0.1) is 10.1 Å². The zero-order valence-electron chi connectivity index (χ0n) is 18.1. The fourth-order valence-corrected chi connectivity index (χ4v) is 4.28. The number of rotatable bonds is 9. The molecule has 4 rings (SSSR count). The molecule has 0 bridgehead atoms. The third-order valence-electron chi connectivity index (χ3n) is 4.95. The molecule has 1 atom stereocenters. The van der Waals surface area contributed by atoms with Gasteiger partial charge in [0.15, 0.2) is 17.1 Å². The standard InChI is InChI=1S/C24H22N4O4S/c1-17(32-21-14-12-20(31-2)13-15-21)23-25-26-24(27(23)19-9-4-3-5-10-19)33-16-18-8-6-7-11-22(18)28(29)30/h3-15,17H,16H2,1-2H3. The fourth-order valence-electron chi connectivity index (χ4n) is 3.32. The molecule has 0 spiro atoms. The fraction of sp³-hybridized carbons (Fsp3) is 0.167. The molecular weight excluding hydrogens is 440 g/mol. The van der Waals surface area contributed by atoms with E-state index in [-0.39, 0.29) is 10.6 Å². The van der Waals surface area contributed by atoms with Crippen molar-refractivity contribution in [1.29, 1.82) is 0 Å². The van der Waals surface area contributed by atoms with Crippen LogP contribution < -0.4 is 9.47 Å². The van der Waals surface area contributed by atoms with Crippen LogP contribution in [0.15, 0.2) is 84.0 Å². The molecule has 0 saturated carbocycles. The van der Waals surface area contributed by atoms with E-state index in [9.17, 15) is 10.1 Å². The summed E-state index contributed by atoms with van der Waals surface area (Å²) in [6, 6.07) is 23.8. The molecule has 1 aromatic heterocycles. The van der Waals surface area contributed by atoms with E-state index in [2.05, 4.69) is 10.2 Å². The van der Waals surface area contributed by atoms with Gasteiger partial charge in [-0.25, -0.2) is 0 Å². The van der Waals surface area contributed by atoms with E-state index in [1.54, 1.807) is 25.3 Å². The van der Waals surface area contributed by atoms with Gasteiger partial charge in [-0.05, 0) is 43.3 Å². The third kappa shape index (κ3) is 5.15. The number of methoxy groups -OCH3 is 1. The monoisotopic (exact) mass is 462 g/mol. The molecule has 0 amide bonds. The molecule has 33 heavy (non-hydrogen) atoms. The summed E-state index contributed by atoms with van der Waals surface area (Å²) in [7, 11) is 1.62. The molecule has 0 N–H and O–H groups in total. The van der Waals surface area contributed by atoms with E-state index >= 15 is 0 Å². The highest BCUT2D eigenvalue weighted by Crippen LogP contribution is 2.31. The van der Waals surface area contributed by atoms with Gasteiger partial charge in [-0.2, -0.15) is 0 Å². The van der Waals surface area contributed by atoms with Gasteiger partial charge in [0.25, 0.3) is 5.69 Å².